The summed E-state index contributed by atoms with van der Waals surface area (Å²) in [5.74, 6) is 1.59. The number of carbonyl (C=O) groups excluding carboxylic acids is 1. The van der Waals surface area contributed by atoms with Gasteiger partial charge in [0.1, 0.15) is 12.4 Å². The smallest absolute Gasteiger partial charge is 0.250 e. The molecule has 0 radical (unpaired) electrons. The number of amides is 1. The van der Waals surface area contributed by atoms with E-state index in [9.17, 15) is 4.79 Å². The molecule has 0 spiro atoms. The summed E-state index contributed by atoms with van der Waals surface area (Å²) in [6.45, 7) is 0.470. The van der Waals surface area contributed by atoms with Crippen LogP contribution >= 0.6 is 23.4 Å². The van der Waals surface area contributed by atoms with Gasteiger partial charge < -0.3 is 4.74 Å². The first-order chi connectivity index (χ1) is 14.2. The van der Waals surface area contributed by atoms with Gasteiger partial charge in [-0.15, -0.1) is 11.8 Å². The number of para-hydroxylation sites is 1. The van der Waals surface area contributed by atoms with Gasteiger partial charge in [0.2, 0.25) is 5.91 Å². The highest BCUT2D eigenvalue weighted by Gasteiger charge is 2.03. The lowest BCUT2D eigenvalue weighted by atomic mass is 10.2. The van der Waals surface area contributed by atoms with Crippen molar-refractivity contribution < 1.29 is 9.53 Å². The Morgan fingerprint density at radius 1 is 1.00 bits per heavy atom. The SMILES string of the molecule is O=C(CSCc1cccc(Cl)c1)N/N=C\c1ccccc1OCc1ccccc1. The first-order valence-electron chi connectivity index (χ1n) is 9.10. The van der Waals surface area contributed by atoms with Crippen LogP contribution in [0.3, 0.4) is 0 Å². The maximum atomic E-state index is 12.0. The molecule has 0 aliphatic carbocycles. The van der Waals surface area contributed by atoms with E-state index >= 15 is 0 Å². The van der Waals surface area contributed by atoms with Crippen molar-refractivity contribution in [2.24, 2.45) is 5.10 Å². The summed E-state index contributed by atoms with van der Waals surface area (Å²) in [7, 11) is 0. The summed E-state index contributed by atoms with van der Waals surface area (Å²) in [6.07, 6.45) is 1.60. The number of hydrogen-bond donors (Lipinski definition) is 1. The van der Waals surface area contributed by atoms with Crippen LogP contribution in [0, 0.1) is 0 Å². The minimum Gasteiger partial charge on any atom is -0.488 e. The third-order valence-corrected chi connectivity index (χ3v) is 5.18. The van der Waals surface area contributed by atoms with Crippen LogP contribution in [0.25, 0.3) is 0 Å². The Hall–Kier alpha value is -2.76. The van der Waals surface area contributed by atoms with E-state index in [2.05, 4.69) is 10.5 Å². The highest BCUT2D eigenvalue weighted by molar-refractivity contribution is 7.99. The van der Waals surface area contributed by atoms with Crippen LogP contribution in [0.5, 0.6) is 5.75 Å². The van der Waals surface area contributed by atoms with E-state index < -0.39 is 0 Å². The molecule has 0 unspecified atom stereocenters. The van der Waals surface area contributed by atoms with E-state index in [0.29, 0.717) is 28.9 Å². The molecule has 0 saturated carbocycles. The molecule has 4 nitrogen and oxygen atoms in total. The number of halogens is 1. The Morgan fingerprint density at radius 2 is 1.76 bits per heavy atom. The standard InChI is InChI=1S/C23H21ClN2O2S/c24-21-11-6-9-19(13-21)16-29-17-23(27)26-25-14-20-10-4-5-12-22(20)28-15-18-7-2-1-3-8-18/h1-14H,15-17H2,(H,26,27)/b25-14-. The summed E-state index contributed by atoms with van der Waals surface area (Å²) in [4.78, 5) is 12.0. The fraction of sp³-hybridized carbons (Fsp3) is 0.130. The number of benzene rings is 3. The lowest BCUT2D eigenvalue weighted by Crippen LogP contribution is -2.19. The highest BCUT2D eigenvalue weighted by Crippen LogP contribution is 2.18. The summed E-state index contributed by atoms with van der Waals surface area (Å²) < 4.78 is 5.89. The van der Waals surface area contributed by atoms with Gasteiger partial charge in [-0.2, -0.15) is 5.10 Å². The lowest BCUT2D eigenvalue weighted by molar-refractivity contribution is -0.118. The van der Waals surface area contributed by atoms with Gasteiger partial charge in [0.15, 0.2) is 0 Å². The molecule has 0 aliphatic heterocycles. The second-order valence-corrected chi connectivity index (χ2v) is 7.65. The van der Waals surface area contributed by atoms with Crippen LogP contribution < -0.4 is 10.2 Å². The van der Waals surface area contributed by atoms with Crippen molar-refractivity contribution in [3.8, 4) is 5.75 Å². The quantitative estimate of drug-likeness (QED) is 0.374. The largest absolute Gasteiger partial charge is 0.488 e. The molecule has 0 saturated heterocycles. The Morgan fingerprint density at radius 3 is 2.59 bits per heavy atom. The molecule has 0 aromatic heterocycles. The molecule has 148 valence electrons. The molecule has 0 fully saturated rings. The molecule has 1 N–H and O–H groups in total. The van der Waals surface area contributed by atoms with E-state index in [4.69, 9.17) is 16.3 Å². The third kappa shape index (κ3) is 7.29. The van der Waals surface area contributed by atoms with Gasteiger partial charge in [-0.1, -0.05) is 66.2 Å². The maximum absolute atomic E-state index is 12.0. The van der Waals surface area contributed by atoms with Crippen molar-refractivity contribution in [2.75, 3.05) is 5.75 Å². The Labute approximate surface area is 179 Å². The zero-order chi connectivity index (χ0) is 20.3. The molecular formula is C23H21ClN2O2S. The number of ether oxygens (including phenoxy) is 1. The predicted octanol–water partition coefficient (Wildman–Crippen LogP) is 5.30. The predicted molar refractivity (Wildman–Crippen MR) is 121 cm³/mol. The van der Waals surface area contributed by atoms with Crippen molar-refractivity contribution in [3.63, 3.8) is 0 Å². The second kappa shape index (κ2) is 11.3. The fourth-order valence-corrected chi connectivity index (χ4v) is 3.53. The van der Waals surface area contributed by atoms with Crippen molar-refractivity contribution in [3.05, 3.63) is 101 Å². The molecule has 0 atom stereocenters. The lowest BCUT2D eigenvalue weighted by Gasteiger charge is -2.09. The van der Waals surface area contributed by atoms with Gasteiger partial charge in [-0.25, -0.2) is 5.43 Å². The fourth-order valence-electron chi connectivity index (χ4n) is 2.55. The van der Waals surface area contributed by atoms with Crippen LogP contribution in [0.15, 0.2) is 84.0 Å². The minimum absolute atomic E-state index is 0.157. The number of hydrogen-bond acceptors (Lipinski definition) is 4. The van der Waals surface area contributed by atoms with Gasteiger partial charge in [0.05, 0.1) is 12.0 Å². The summed E-state index contributed by atoms with van der Waals surface area (Å²) in [6, 6.07) is 25.2. The van der Waals surface area contributed by atoms with Gasteiger partial charge in [-0.3, -0.25) is 4.79 Å². The third-order valence-electron chi connectivity index (χ3n) is 3.94. The van der Waals surface area contributed by atoms with E-state index in [-0.39, 0.29) is 5.91 Å². The highest BCUT2D eigenvalue weighted by atomic mass is 35.5. The Bertz CT molecular complexity index is 964. The number of nitrogens with one attached hydrogen (secondary N) is 1. The van der Waals surface area contributed by atoms with Crippen LogP contribution in [-0.4, -0.2) is 17.9 Å². The van der Waals surface area contributed by atoms with E-state index in [1.807, 2.05) is 78.9 Å². The van der Waals surface area contributed by atoms with E-state index in [0.717, 1.165) is 16.7 Å². The topological polar surface area (TPSA) is 50.7 Å². The number of hydrazone groups is 1. The van der Waals surface area contributed by atoms with Crippen LogP contribution in [0.1, 0.15) is 16.7 Å². The first kappa shape index (κ1) is 21.0. The molecule has 3 rings (SSSR count). The average Bonchev–Trinajstić information content (AvgIpc) is 2.74. The van der Waals surface area contributed by atoms with Crippen molar-refractivity contribution >= 4 is 35.5 Å². The van der Waals surface area contributed by atoms with Gasteiger partial charge in [0.25, 0.3) is 0 Å². The van der Waals surface area contributed by atoms with Crippen LogP contribution in [0.4, 0.5) is 0 Å². The monoisotopic (exact) mass is 424 g/mol. The summed E-state index contributed by atoms with van der Waals surface area (Å²) in [5, 5.41) is 4.76. The number of nitrogens with zero attached hydrogens (tertiary/aromatic N) is 1. The van der Waals surface area contributed by atoms with Gasteiger partial charge >= 0.3 is 0 Å². The second-order valence-electron chi connectivity index (χ2n) is 6.23. The Kier molecular flexibility index (Phi) is 8.16. The molecule has 1 amide bonds. The van der Waals surface area contributed by atoms with E-state index in [1.54, 1.807) is 6.21 Å². The molecule has 29 heavy (non-hydrogen) atoms. The molecule has 6 heteroatoms. The molecule has 3 aromatic rings. The minimum atomic E-state index is -0.157. The summed E-state index contributed by atoms with van der Waals surface area (Å²) >= 11 is 7.47. The molecule has 0 aliphatic rings. The Balaban J connectivity index is 1.46. The van der Waals surface area contributed by atoms with E-state index in [1.165, 1.54) is 11.8 Å². The number of rotatable bonds is 9. The van der Waals surface area contributed by atoms with Crippen molar-refractivity contribution in [1.29, 1.82) is 0 Å². The molecule has 3 aromatic carbocycles. The first-order valence-corrected chi connectivity index (χ1v) is 10.6. The zero-order valence-electron chi connectivity index (χ0n) is 15.8. The van der Waals surface area contributed by atoms with Crippen molar-refractivity contribution in [1.82, 2.24) is 5.43 Å². The average molecular weight is 425 g/mol. The number of carbonyl (C=O) groups is 1. The summed E-state index contributed by atoms with van der Waals surface area (Å²) in [5.41, 5.74) is 5.53. The van der Waals surface area contributed by atoms with Gasteiger partial charge in [-0.05, 0) is 35.4 Å². The number of thioether (sulfide) groups is 1. The van der Waals surface area contributed by atoms with Crippen LogP contribution in [0.2, 0.25) is 5.02 Å². The maximum Gasteiger partial charge on any atom is 0.250 e. The zero-order valence-corrected chi connectivity index (χ0v) is 17.3. The molecular weight excluding hydrogens is 404 g/mol. The molecule has 0 bridgehead atoms. The van der Waals surface area contributed by atoms with Crippen molar-refractivity contribution in [2.45, 2.75) is 12.4 Å². The van der Waals surface area contributed by atoms with Gasteiger partial charge in [0, 0.05) is 16.3 Å². The molecule has 0 heterocycles. The normalized spacial score (nSPS) is 10.8. The van der Waals surface area contributed by atoms with Crippen LogP contribution in [-0.2, 0) is 17.2 Å².